The Kier molecular flexibility index (Phi) is 8.85. The highest BCUT2D eigenvalue weighted by atomic mass is 16.5. The lowest BCUT2D eigenvalue weighted by molar-refractivity contribution is -0.143. The fourth-order valence-corrected chi connectivity index (χ4v) is 5.11. The van der Waals surface area contributed by atoms with Crippen LogP contribution in [0.2, 0.25) is 0 Å². The molecule has 0 radical (unpaired) electrons. The van der Waals surface area contributed by atoms with E-state index in [9.17, 15) is 9.59 Å². The second kappa shape index (κ2) is 12.3. The minimum Gasteiger partial charge on any atom is -0.466 e. The maximum Gasteiger partial charge on any atom is 0.306 e. The minimum atomic E-state index is -0.219. The number of anilines is 1. The van der Waals surface area contributed by atoms with Crippen LogP contribution in [0.4, 0.5) is 5.82 Å². The van der Waals surface area contributed by atoms with E-state index in [0.29, 0.717) is 25.5 Å². The molecule has 1 saturated heterocycles. The fourth-order valence-electron chi connectivity index (χ4n) is 5.11. The largest absolute Gasteiger partial charge is 0.466 e. The zero-order valence-corrected chi connectivity index (χ0v) is 21.6. The molecule has 0 bridgehead atoms. The number of aromatic nitrogens is 3. The van der Waals surface area contributed by atoms with Crippen LogP contribution in [0, 0.1) is 6.92 Å². The average molecular weight is 495 g/mol. The van der Waals surface area contributed by atoms with Gasteiger partial charge in [-0.15, -0.1) is 0 Å². The van der Waals surface area contributed by atoms with Gasteiger partial charge < -0.3 is 20.3 Å². The zero-order chi connectivity index (χ0) is 25.5. The van der Waals surface area contributed by atoms with Crippen LogP contribution < -0.4 is 10.6 Å². The first-order chi connectivity index (χ1) is 17.4. The van der Waals surface area contributed by atoms with Gasteiger partial charge in [0.1, 0.15) is 11.6 Å². The Morgan fingerprint density at radius 1 is 1.31 bits per heavy atom. The van der Waals surface area contributed by atoms with Gasteiger partial charge in [-0.3, -0.25) is 9.59 Å². The molecule has 2 N–H and O–H groups in total. The number of likely N-dealkylation sites (tertiary alicyclic amines) is 1. The zero-order valence-electron chi connectivity index (χ0n) is 21.6. The van der Waals surface area contributed by atoms with Crippen LogP contribution in [-0.4, -0.2) is 63.5 Å². The second-order valence-electron chi connectivity index (χ2n) is 9.80. The summed E-state index contributed by atoms with van der Waals surface area (Å²) in [5, 5.41) is 6.79. The molecule has 9 nitrogen and oxygen atoms in total. The number of carbonyl (C=O) groups excluding carboxylic acids is 2. The molecule has 4 heterocycles. The minimum absolute atomic E-state index is 0.0322. The van der Waals surface area contributed by atoms with Crippen LogP contribution in [0.3, 0.4) is 0 Å². The molecule has 0 spiro atoms. The van der Waals surface area contributed by atoms with Crippen molar-refractivity contribution in [2.75, 3.05) is 25.0 Å². The van der Waals surface area contributed by atoms with E-state index in [0.717, 1.165) is 55.7 Å². The van der Waals surface area contributed by atoms with E-state index >= 15 is 0 Å². The number of carbonyl (C=O) groups is 2. The molecule has 2 aliphatic rings. The third-order valence-electron chi connectivity index (χ3n) is 7.11. The van der Waals surface area contributed by atoms with Crippen LogP contribution in [-0.2, 0) is 27.3 Å². The van der Waals surface area contributed by atoms with E-state index in [4.69, 9.17) is 9.72 Å². The highest BCUT2D eigenvalue weighted by Gasteiger charge is 2.36. The lowest BCUT2D eigenvalue weighted by Gasteiger charge is -2.23. The van der Waals surface area contributed by atoms with Crippen molar-refractivity contribution in [3.63, 3.8) is 0 Å². The molecule has 36 heavy (non-hydrogen) atoms. The van der Waals surface area contributed by atoms with Crippen molar-refractivity contribution in [2.45, 2.75) is 83.8 Å². The second-order valence-corrected chi connectivity index (χ2v) is 9.80. The molecular formula is C27H38N6O3. The highest BCUT2D eigenvalue weighted by molar-refractivity contribution is 5.84. The van der Waals surface area contributed by atoms with E-state index < -0.39 is 0 Å². The van der Waals surface area contributed by atoms with Crippen molar-refractivity contribution in [1.82, 2.24) is 25.2 Å². The number of fused-ring (bicyclic) bond motifs is 1. The summed E-state index contributed by atoms with van der Waals surface area (Å²) in [5.74, 6) is 1.56. The van der Waals surface area contributed by atoms with Gasteiger partial charge in [-0.1, -0.05) is 6.07 Å². The summed E-state index contributed by atoms with van der Waals surface area (Å²) in [5.41, 5.74) is 3.14. The van der Waals surface area contributed by atoms with E-state index in [1.54, 1.807) is 12.4 Å². The van der Waals surface area contributed by atoms with Crippen LogP contribution in [0.25, 0.3) is 0 Å². The average Bonchev–Trinajstić information content (AvgIpc) is 3.15. The highest BCUT2D eigenvalue weighted by Crippen LogP contribution is 2.27. The number of esters is 1. The van der Waals surface area contributed by atoms with Gasteiger partial charge >= 0.3 is 5.97 Å². The molecule has 2 aliphatic heterocycles. The first-order valence-electron chi connectivity index (χ1n) is 13.1. The molecule has 0 aromatic carbocycles. The van der Waals surface area contributed by atoms with Crippen molar-refractivity contribution < 1.29 is 14.3 Å². The Balaban J connectivity index is 1.30. The summed E-state index contributed by atoms with van der Waals surface area (Å²) in [6, 6.07) is 4.16. The van der Waals surface area contributed by atoms with Gasteiger partial charge in [-0.05, 0) is 76.0 Å². The Bertz CT molecular complexity index is 1040. The summed E-state index contributed by atoms with van der Waals surface area (Å²) in [6.07, 6.45) is 8.40. The van der Waals surface area contributed by atoms with Crippen LogP contribution in [0.1, 0.15) is 74.5 Å². The SMILES string of the molecule is CCOC(=O)C[C@H](CCCN1C(=O)[C@@H](NCc2ccc3c(n2)NCCC3)C[C@H]1C)c1cnc(C)nc1. The number of aryl methyl sites for hydroxylation is 2. The summed E-state index contributed by atoms with van der Waals surface area (Å²) < 4.78 is 5.18. The van der Waals surface area contributed by atoms with Gasteiger partial charge in [-0.25, -0.2) is 15.0 Å². The molecule has 0 unspecified atom stereocenters. The quantitative estimate of drug-likeness (QED) is 0.459. The maximum absolute atomic E-state index is 13.2. The van der Waals surface area contributed by atoms with Crippen LogP contribution in [0.15, 0.2) is 24.5 Å². The number of hydrogen-bond donors (Lipinski definition) is 2. The van der Waals surface area contributed by atoms with Gasteiger partial charge in [0, 0.05) is 38.1 Å². The van der Waals surface area contributed by atoms with Crippen LogP contribution in [0.5, 0.6) is 0 Å². The Morgan fingerprint density at radius 2 is 2.11 bits per heavy atom. The van der Waals surface area contributed by atoms with Crippen molar-refractivity contribution in [3.05, 3.63) is 47.2 Å². The number of amides is 1. The van der Waals surface area contributed by atoms with Crippen molar-refractivity contribution in [2.24, 2.45) is 0 Å². The molecule has 2 aromatic heterocycles. The third kappa shape index (κ3) is 6.57. The molecule has 9 heteroatoms. The van der Waals surface area contributed by atoms with Gasteiger partial charge in [-0.2, -0.15) is 0 Å². The Morgan fingerprint density at radius 3 is 2.89 bits per heavy atom. The summed E-state index contributed by atoms with van der Waals surface area (Å²) in [7, 11) is 0. The molecule has 4 rings (SSSR count). The predicted octanol–water partition coefficient (Wildman–Crippen LogP) is 3.13. The molecule has 1 amide bonds. The molecule has 2 aromatic rings. The van der Waals surface area contributed by atoms with E-state index in [-0.39, 0.29) is 36.3 Å². The summed E-state index contributed by atoms with van der Waals surface area (Å²) in [6.45, 7) is 8.30. The Labute approximate surface area is 213 Å². The third-order valence-corrected chi connectivity index (χ3v) is 7.11. The number of rotatable bonds is 11. The summed E-state index contributed by atoms with van der Waals surface area (Å²) in [4.78, 5) is 40.6. The van der Waals surface area contributed by atoms with Gasteiger partial charge in [0.15, 0.2) is 0 Å². The topological polar surface area (TPSA) is 109 Å². The number of pyridine rings is 1. The van der Waals surface area contributed by atoms with Crippen molar-refractivity contribution >= 4 is 17.7 Å². The molecule has 0 saturated carbocycles. The monoisotopic (exact) mass is 494 g/mol. The lowest BCUT2D eigenvalue weighted by atomic mass is 9.93. The molecule has 1 fully saturated rings. The summed E-state index contributed by atoms with van der Waals surface area (Å²) >= 11 is 0. The van der Waals surface area contributed by atoms with Crippen molar-refractivity contribution in [3.8, 4) is 0 Å². The lowest BCUT2D eigenvalue weighted by Crippen LogP contribution is -2.39. The molecule has 0 aliphatic carbocycles. The number of hydrogen-bond acceptors (Lipinski definition) is 8. The standard InChI is InChI=1S/C27H38N6O3/c1-4-36-25(34)14-21(22-15-29-19(3)30-16-22)8-6-12-33-18(2)13-24(27(33)35)31-17-23-10-9-20-7-5-11-28-26(20)32-23/h9-10,15-16,18,21,24,31H,4-8,11-14,17H2,1-3H3,(H,28,32)/t18-,21+,24+/m1/s1. The van der Waals surface area contributed by atoms with E-state index in [1.807, 2.05) is 18.7 Å². The van der Waals surface area contributed by atoms with Gasteiger partial charge in [0.25, 0.3) is 0 Å². The number of nitrogens with one attached hydrogen (secondary N) is 2. The van der Waals surface area contributed by atoms with Crippen molar-refractivity contribution in [1.29, 1.82) is 0 Å². The van der Waals surface area contributed by atoms with E-state index in [1.165, 1.54) is 5.56 Å². The fraction of sp³-hybridized carbons (Fsp3) is 0.593. The molecule has 194 valence electrons. The first kappa shape index (κ1) is 26.0. The Hall–Kier alpha value is -3.07. The normalized spacial score (nSPS) is 20.1. The number of nitrogens with zero attached hydrogens (tertiary/aromatic N) is 4. The van der Waals surface area contributed by atoms with Crippen LogP contribution >= 0.6 is 0 Å². The smallest absolute Gasteiger partial charge is 0.306 e. The van der Waals surface area contributed by atoms with E-state index in [2.05, 4.69) is 39.7 Å². The molecule has 3 atom stereocenters. The first-order valence-corrected chi connectivity index (χ1v) is 13.1. The molecular weight excluding hydrogens is 456 g/mol. The number of ether oxygens (including phenoxy) is 1. The van der Waals surface area contributed by atoms with Gasteiger partial charge in [0.05, 0.1) is 24.8 Å². The maximum atomic E-state index is 13.2. The van der Waals surface area contributed by atoms with Gasteiger partial charge in [0.2, 0.25) is 5.91 Å². The predicted molar refractivity (Wildman–Crippen MR) is 137 cm³/mol.